The van der Waals surface area contributed by atoms with Gasteiger partial charge in [-0.25, -0.2) is 8.42 Å². The number of sulfone groups is 1. The van der Waals surface area contributed by atoms with Gasteiger partial charge in [-0.15, -0.1) is 0 Å². The first-order valence-corrected chi connectivity index (χ1v) is 10.4. The van der Waals surface area contributed by atoms with Crippen molar-refractivity contribution in [3.05, 3.63) is 23.8 Å². The third-order valence-corrected chi connectivity index (χ3v) is 6.63. The summed E-state index contributed by atoms with van der Waals surface area (Å²) in [7, 11) is -1.73. The lowest BCUT2D eigenvalue weighted by Gasteiger charge is -2.33. The highest BCUT2D eigenvalue weighted by Crippen LogP contribution is 2.40. The predicted octanol–water partition coefficient (Wildman–Crippen LogP) is 3.25. The molecule has 0 amide bonds. The largest absolute Gasteiger partial charge is 0.495 e. The van der Waals surface area contributed by atoms with Crippen LogP contribution in [0.4, 0.5) is 0 Å². The standard InChI is InChI=1S/C18H27NO3S/c1-13-10-15-6-4-5-7-16(15)19(13)12-14-8-9-18(23(3,20)21)17(11-14)22-2/h8-9,11,13,15-16H,4-7,10,12H2,1-3H3/t13-,15+,16-/m1/s1. The minimum atomic E-state index is -3.26. The van der Waals surface area contributed by atoms with E-state index in [1.54, 1.807) is 6.07 Å². The lowest BCUT2D eigenvalue weighted by Crippen LogP contribution is -2.37. The van der Waals surface area contributed by atoms with Crippen LogP contribution in [0.15, 0.2) is 23.1 Å². The van der Waals surface area contributed by atoms with Crippen LogP contribution in [0.5, 0.6) is 5.75 Å². The molecule has 23 heavy (non-hydrogen) atoms. The fourth-order valence-electron chi connectivity index (χ4n) is 4.40. The van der Waals surface area contributed by atoms with E-state index in [1.165, 1.54) is 45.5 Å². The van der Waals surface area contributed by atoms with E-state index in [-0.39, 0.29) is 4.90 Å². The summed E-state index contributed by atoms with van der Waals surface area (Å²) in [5.41, 5.74) is 1.13. The first-order chi connectivity index (χ1) is 10.9. The molecule has 3 atom stereocenters. The molecule has 2 aliphatic rings. The molecule has 0 spiro atoms. The molecular formula is C18H27NO3S. The van der Waals surface area contributed by atoms with Crippen molar-refractivity contribution in [1.29, 1.82) is 0 Å². The highest BCUT2D eigenvalue weighted by Gasteiger charge is 2.39. The van der Waals surface area contributed by atoms with Gasteiger partial charge in [0.2, 0.25) is 0 Å². The molecule has 1 aromatic rings. The Labute approximate surface area is 139 Å². The zero-order valence-corrected chi connectivity index (χ0v) is 15.1. The molecule has 1 aromatic carbocycles. The molecule has 0 bridgehead atoms. The molecule has 0 radical (unpaired) electrons. The third kappa shape index (κ3) is 3.41. The van der Waals surface area contributed by atoms with Crippen molar-refractivity contribution < 1.29 is 13.2 Å². The first-order valence-electron chi connectivity index (χ1n) is 8.53. The number of hydrogen-bond acceptors (Lipinski definition) is 4. The first kappa shape index (κ1) is 16.8. The maximum atomic E-state index is 11.8. The number of methoxy groups -OCH3 is 1. The number of fused-ring (bicyclic) bond motifs is 1. The Morgan fingerprint density at radius 2 is 2.00 bits per heavy atom. The molecular weight excluding hydrogens is 310 g/mol. The number of benzene rings is 1. The van der Waals surface area contributed by atoms with Gasteiger partial charge in [-0.3, -0.25) is 4.90 Å². The van der Waals surface area contributed by atoms with Crippen LogP contribution in [0.3, 0.4) is 0 Å². The lowest BCUT2D eigenvalue weighted by atomic mass is 9.85. The Kier molecular flexibility index (Phi) is 4.70. The molecule has 1 saturated heterocycles. The second-order valence-electron chi connectivity index (χ2n) is 7.13. The average Bonchev–Trinajstić information content (AvgIpc) is 2.82. The maximum Gasteiger partial charge on any atom is 0.179 e. The van der Waals surface area contributed by atoms with E-state index in [2.05, 4.69) is 11.8 Å². The monoisotopic (exact) mass is 337 g/mol. The zero-order chi connectivity index (χ0) is 16.6. The van der Waals surface area contributed by atoms with Crippen molar-refractivity contribution in [3.63, 3.8) is 0 Å². The van der Waals surface area contributed by atoms with E-state index in [0.717, 1.165) is 18.0 Å². The Morgan fingerprint density at radius 3 is 2.70 bits per heavy atom. The second kappa shape index (κ2) is 6.44. The van der Waals surface area contributed by atoms with E-state index >= 15 is 0 Å². The van der Waals surface area contributed by atoms with E-state index in [4.69, 9.17) is 4.74 Å². The van der Waals surface area contributed by atoms with Gasteiger partial charge in [0.25, 0.3) is 0 Å². The summed E-state index contributed by atoms with van der Waals surface area (Å²) >= 11 is 0. The van der Waals surface area contributed by atoms with Gasteiger partial charge in [0.15, 0.2) is 9.84 Å². The molecule has 1 aliphatic heterocycles. The minimum absolute atomic E-state index is 0.272. The SMILES string of the molecule is COc1cc(CN2[C@H](C)C[C@@H]3CCCC[C@H]32)ccc1S(C)(=O)=O. The smallest absolute Gasteiger partial charge is 0.179 e. The van der Waals surface area contributed by atoms with Gasteiger partial charge in [0.1, 0.15) is 10.6 Å². The van der Waals surface area contributed by atoms with Crippen LogP contribution >= 0.6 is 0 Å². The fourth-order valence-corrected chi connectivity index (χ4v) is 5.22. The van der Waals surface area contributed by atoms with Crippen molar-refractivity contribution in [2.24, 2.45) is 5.92 Å². The van der Waals surface area contributed by atoms with Crippen LogP contribution in [0.25, 0.3) is 0 Å². The predicted molar refractivity (Wildman–Crippen MR) is 91.5 cm³/mol. The Morgan fingerprint density at radius 1 is 1.26 bits per heavy atom. The van der Waals surface area contributed by atoms with E-state index in [0.29, 0.717) is 17.8 Å². The Bertz CT molecular complexity index is 671. The average molecular weight is 337 g/mol. The van der Waals surface area contributed by atoms with Crippen molar-refractivity contribution in [1.82, 2.24) is 4.90 Å². The number of hydrogen-bond donors (Lipinski definition) is 0. The van der Waals surface area contributed by atoms with E-state index in [9.17, 15) is 8.42 Å². The van der Waals surface area contributed by atoms with E-state index in [1.807, 2.05) is 12.1 Å². The molecule has 0 unspecified atom stereocenters. The van der Waals surface area contributed by atoms with Gasteiger partial charge in [0.05, 0.1) is 7.11 Å². The van der Waals surface area contributed by atoms with Crippen LogP contribution in [-0.2, 0) is 16.4 Å². The molecule has 1 heterocycles. The molecule has 2 fully saturated rings. The van der Waals surface area contributed by atoms with Gasteiger partial charge >= 0.3 is 0 Å². The summed E-state index contributed by atoms with van der Waals surface area (Å²) in [6.07, 6.45) is 7.89. The van der Waals surface area contributed by atoms with Crippen molar-refractivity contribution in [2.45, 2.75) is 62.6 Å². The molecule has 4 nitrogen and oxygen atoms in total. The molecule has 1 saturated carbocycles. The normalized spacial score (nSPS) is 28.6. The fraction of sp³-hybridized carbons (Fsp3) is 0.667. The van der Waals surface area contributed by atoms with Gasteiger partial charge in [-0.1, -0.05) is 18.9 Å². The molecule has 1 aliphatic carbocycles. The maximum absolute atomic E-state index is 11.8. The summed E-state index contributed by atoms with van der Waals surface area (Å²) < 4.78 is 28.9. The summed E-state index contributed by atoms with van der Waals surface area (Å²) in [5, 5.41) is 0. The third-order valence-electron chi connectivity index (χ3n) is 5.50. The van der Waals surface area contributed by atoms with Crippen LogP contribution in [-0.4, -0.2) is 38.8 Å². The van der Waals surface area contributed by atoms with Crippen LogP contribution < -0.4 is 4.74 Å². The molecule has 0 aromatic heterocycles. The Hall–Kier alpha value is -1.07. The van der Waals surface area contributed by atoms with Crippen molar-refractivity contribution in [2.75, 3.05) is 13.4 Å². The van der Waals surface area contributed by atoms with Crippen molar-refractivity contribution in [3.8, 4) is 5.75 Å². The summed E-state index contributed by atoms with van der Waals surface area (Å²) in [4.78, 5) is 2.88. The number of nitrogens with zero attached hydrogens (tertiary/aromatic N) is 1. The van der Waals surface area contributed by atoms with Gasteiger partial charge < -0.3 is 4.74 Å². The highest BCUT2D eigenvalue weighted by atomic mass is 32.2. The topological polar surface area (TPSA) is 46.6 Å². The van der Waals surface area contributed by atoms with E-state index < -0.39 is 9.84 Å². The summed E-state index contributed by atoms with van der Waals surface area (Å²) in [6, 6.07) is 6.80. The molecule has 3 rings (SSSR count). The molecule has 5 heteroatoms. The summed E-state index contributed by atoms with van der Waals surface area (Å²) in [5.74, 6) is 1.30. The molecule has 0 N–H and O–H groups in total. The van der Waals surface area contributed by atoms with Crippen LogP contribution in [0.1, 0.15) is 44.6 Å². The highest BCUT2D eigenvalue weighted by molar-refractivity contribution is 7.90. The summed E-state index contributed by atoms with van der Waals surface area (Å²) in [6.45, 7) is 3.20. The Balaban J connectivity index is 1.82. The number of ether oxygens (including phenoxy) is 1. The van der Waals surface area contributed by atoms with Crippen LogP contribution in [0, 0.1) is 5.92 Å². The lowest BCUT2D eigenvalue weighted by molar-refractivity contribution is 0.149. The van der Waals surface area contributed by atoms with Gasteiger partial charge in [-0.2, -0.15) is 0 Å². The van der Waals surface area contributed by atoms with Gasteiger partial charge in [0, 0.05) is 24.9 Å². The molecule has 128 valence electrons. The van der Waals surface area contributed by atoms with Gasteiger partial charge in [-0.05, 0) is 49.8 Å². The number of likely N-dealkylation sites (tertiary alicyclic amines) is 1. The van der Waals surface area contributed by atoms with Crippen molar-refractivity contribution >= 4 is 9.84 Å². The zero-order valence-electron chi connectivity index (χ0n) is 14.3. The quantitative estimate of drug-likeness (QED) is 0.846. The second-order valence-corrected chi connectivity index (χ2v) is 9.11. The van der Waals surface area contributed by atoms with Crippen LogP contribution in [0.2, 0.25) is 0 Å². The minimum Gasteiger partial charge on any atom is -0.495 e. The number of rotatable bonds is 4.